The summed E-state index contributed by atoms with van der Waals surface area (Å²) in [6, 6.07) is 3.79. The van der Waals surface area contributed by atoms with Crippen molar-refractivity contribution in [3.8, 4) is 0 Å². The third-order valence-corrected chi connectivity index (χ3v) is 6.49. The average molecular weight is 378 g/mol. The molecular formula is C16H18N4O3S2. The van der Waals surface area contributed by atoms with E-state index in [4.69, 9.17) is 0 Å². The maximum absolute atomic E-state index is 12.3. The molecule has 7 nitrogen and oxygen atoms in total. The number of amides is 2. The molecule has 0 aliphatic heterocycles. The fraction of sp³-hybridized carbons (Fsp3) is 0.500. The van der Waals surface area contributed by atoms with Crippen LogP contribution in [0.3, 0.4) is 0 Å². The van der Waals surface area contributed by atoms with Gasteiger partial charge in [-0.25, -0.2) is 4.79 Å². The van der Waals surface area contributed by atoms with Crippen LogP contribution in [0.15, 0.2) is 12.1 Å². The van der Waals surface area contributed by atoms with E-state index in [1.54, 1.807) is 11.0 Å². The number of nitrogens with zero attached hydrogens (tertiary/aromatic N) is 3. The molecule has 0 bridgehead atoms. The molecule has 25 heavy (non-hydrogen) atoms. The highest BCUT2D eigenvalue weighted by Crippen LogP contribution is 2.48. The van der Waals surface area contributed by atoms with Gasteiger partial charge in [-0.15, -0.1) is 21.5 Å². The van der Waals surface area contributed by atoms with Crippen LogP contribution >= 0.6 is 22.7 Å². The summed E-state index contributed by atoms with van der Waals surface area (Å²) < 4.78 is 0. The van der Waals surface area contributed by atoms with Crippen LogP contribution in [0.5, 0.6) is 0 Å². The molecular weight excluding hydrogens is 360 g/mol. The Kier molecular flexibility index (Phi) is 4.20. The summed E-state index contributed by atoms with van der Waals surface area (Å²) in [6.45, 7) is 2.48. The number of nitrogens with one attached hydrogen (secondary N) is 1. The van der Waals surface area contributed by atoms with E-state index in [0.717, 1.165) is 29.1 Å². The zero-order chi connectivity index (χ0) is 17.6. The van der Waals surface area contributed by atoms with E-state index in [1.807, 2.05) is 13.0 Å². The maximum Gasteiger partial charge on any atom is 0.407 e. The Morgan fingerprint density at radius 3 is 2.76 bits per heavy atom. The summed E-state index contributed by atoms with van der Waals surface area (Å²) in [4.78, 5) is 27.1. The van der Waals surface area contributed by atoms with Gasteiger partial charge in [-0.1, -0.05) is 11.3 Å². The standard InChI is InChI=1S/C16H18N4O3S2/c1-8-18-19-15(24-8)17-14(21)13-5-4-12(25-13)10-6-11(10)20(16(22)23)7-9-2-3-9/h4-5,9-11H,2-3,6-7H2,1H3,(H,22,23)(H,17,19,21). The second-order valence-electron chi connectivity index (χ2n) is 6.57. The lowest BCUT2D eigenvalue weighted by Crippen LogP contribution is -2.34. The molecule has 2 fully saturated rings. The largest absolute Gasteiger partial charge is 0.465 e. The van der Waals surface area contributed by atoms with Gasteiger partial charge in [0, 0.05) is 23.4 Å². The molecule has 2 aromatic rings. The van der Waals surface area contributed by atoms with Crippen LogP contribution in [-0.4, -0.2) is 44.8 Å². The second-order valence-corrected chi connectivity index (χ2v) is 8.87. The third kappa shape index (κ3) is 3.67. The van der Waals surface area contributed by atoms with E-state index in [-0.39, 0.29) is 17.9 Å². The van der Waals surface area contributed by atoms with Crippen molar-refractivity contribution in [1.82, 2.24) is 15.1 Å². The number of anilines is 1. The molecule has 2 amide bonds. The topological polar surface area (TPSA) is 95.4 Å². The van der Waals surface area contributed by atoms with Crippen molar-refractivity contribution in [2.75, 3.05) is 11.9 Å². The zero-order valence-electron chi connectivity index (χ0n) is 13.6. The second kappa shape index (κ2) is 6.38. The van der Waals surface area contributed by atoms with Crippen molar-refractivity contribution in [3.05, 3.63) is 26.9 Å². The minimum atomic E-state index is -0.833. The molecule has 2 aliphatic rings. The van der Waals surface area contributed by atoms with Crippen molar-refractivity contribution in [1.29, 1.82) is 0 Å². The highest BCUT2D eigenvalue weighted by Gasteiger charge is 2.47. The number of thiophene rings is 1. The average Bonchev–Trinajstić information content (AvgIpc) is 3.45. The number of carboxylic acid groups (broad SMARTS) is 1. The van der Waals surface area contributed by atoms with Crippen molar-refractivity contribution in [3.63, 3.8) is 0 Å². The Balaban J connectivity index is 1.39. The first-order valence-electron chi connectivity index (χ1n) is 8.22. The molecule has 0 spiro atoms. The quantitative estimate of drug-likeness (QED) is 0.803. The van der Waals surface area contributed by atoms with Gasteiger partial charge >= 0.3 is 6.09 Å². The van der Waals surface area contributed by atoms with Gasteiger partial charge in [-0.3, -0.25) is 10.1 Å². The Hall–Kier alpha value is -2.00. The molecule has 4 rings (SSSR count). The van der Waals surface area contributed by atoms with Gasteiger partial charge in [0.05, 0.1) is 4.88 Å². The highest BCUT2D eigenvalue weighted by atomic mass is 32.1. The van der Waals surface area contributed by atoms with Crippen molar-refractivity contribution >= 4 is 39.8 Å². The number of hydrogen-bond acceptors (Lipinski definition) is 6. The Bertz CT molecular complexity index is 814. The van der Waals surface area contributed by atoms with Gasteiger partial charge < -0.3 is 10.0 Å². The third-order valence-electron chi connectivity index (χ3n) is 4.52. The zero-order valence-corrected chi connectivity index (χ0v) is 15.3. The fourth-order valence-corrected chi connectivity index (χ4v) is 4.61. The summed E-state index contributed by atoms with van der Waals surface area (Å²) in [5.74, 6) is 0.556. The molecule has 132 valence electrons. The predicted molar refractivity (Wildman–Crippen MR) is 95.5 cm³/mol. The summed E-state index contributed by atoms with van der Waals surface area (Å²) in [7, 11) is 0. The summed E-state index contributed by atoms with van der Waals surface area (Å²) in [5.41, 5.74) is 0. The number of carbonyl (C=O) groups is 2. The fourth-order valence-electron chi connectivity index (χ4n) is 2.95. The van der Waals surface area contributed by atoms with Gasteiger partial charge in [0.1, 0.15) is 5.01 Å². The van der Waals surface area contributed by atoms with Crippen molar-refractivity contribution in [2.24, 2.45) is 5.92 Å². The molecule has 2 saturated carbocycles. The first-order valence-corrected chi connectivity index (χ1v) is 9.85. The lowest BCUT2D eigenvalue weighted by atomic mass is 10.3. The molecule has 2 heterocycles. The molecule has 9 heteroatoms. The van der Waals surface area contributed by atoms with Gasteiger partial charge in [0.15, 0.2) is 0 Å². The number of rotatable bonds is 6. The smallest absolute Gasteiger partial charge is 0.407 e. The lowest BCUT2D eigenvalue weighted by Gasteiger charge is -2.18. The number of hydrogen-bond donors (Lipinski definition) is 2. The van der Waals surface area contributed by atoms with Gasteiger partial charge in [-0.05, 0) is 44.2 Å². The van der Waals surface area contributed by atoms with Crippen LogP contribution < -0.4 is 5.32 Å². The van der Waals surface area contributed by atoms with E-state index in [9.17, 15) is 14.7 Å². The molecule has 0 radical (unpaired) electrons. The van der Waals surface area contributed by atoms with Crippen LogP contribution in [0.2, 0.25) is 0 Å². The van der Waals surface area contributed by atoms with Crippen molar-refractivity contribution < 1.29 is 14.7 Å². The van der Waals surface area contributed by atoms with Crippen molar-refractivity contribution in [2.45, 2.75) is 38.1 Å². The van der Waals surface area contributed by atoms with Gasteiger partial charge in [0.25, 0.3) is 5.91 Å². The van der Waals surface area contributed by atoms with E-state index in [1.165, 1.54) is 22.7 Å². The normalized spacial score (nSPS) is 21.8. The van der Waals surface area contributed by atoms with Crippen LogP contribution in [0.25, 0.3) is 0 Å². The minimum absolute atomic E-state index is 0.0541. The van der Waals surface area contributed by atoms with Gasteiger partial charge in [0.2, 0.25) is 5.13 Å². The molecule has 2 aromatic heterocycles. The highest BCUT2D eigenvalue weighted by molar-refractivity contribution is 7.16. The summed E-state index contributed by atoms with van der Waals surface area (Å²) >= 11 is 2.76. The van der Waals surface area contributed by atoms with E-state index >= 15 is 0 Å². The SMILES string of the molecule is Cc1nnc(NC(=O)c2ccc(C3CC3N(CC3CC3)C(=O)O)s2)s1. The van der Waals surface area contributed by atoms with E-state index in [0.29, 0.717) is 22.5 Å². The molecule has 2 unspecified atom stereocenters. The summed E-state index contributed by atoms with van der Waals surface area (Å²) in [6.07, 6.45) is 2.28. The Morgan fingerprint density at radius 1 is 1.32 bits per heavy atom. The van der Waals surface area contributed by atoms with E-state index < -0.39 is 6.09 Å². The lowest BCUT2D eigenvalue weighted by molar-refractivity contribution is 0.103. The van der Waals surface area contributed by atoms with E-state index in [2.05, 4.69) is 15.5 Å². The first kappa shape index (κ1) is 16.5. The predicted octanol–water partition coefficient (Wildman–Crippen LogP) is 3.41. The van der Waals surface area contributed by atoms with Crippen LogP contribution in [0, 0.1) is 12.8 Å². The molecule has 2 atom stereocenters. The molecule has 2 aliphatic carbocycles. The van der Waals surface area contributed by atoms with Crippen LogP contribution in [-0.2, 0) is 0 Å². The molecule has 0 aromatic carbocycles. The Labute approximate surface area is 152 Å². The van der Waals surface area contributed by atoms with Crippen LogP contribution in [0.4, 0.5) is 9.93 Å². The molecule has 0 saturated heterocycles. The maximum atomic E-state index is 12.3. The van der Waals surface area contributed by atoms with Gasteiger partial charge in [-0.2, -0.15) is 0 Å². The first-order chi connectivity index (χ1) is 12.0. The monoisotopic (exact) mass is 378 g/mol. The van der Waals surface area contributed by atoms with Crippen LogP contribution in [0.1, 0.15) is 44.7 Å². The number of carbonyl (C=O) groups excluding carboxylic acids is 1. The number of aromatic nitrogens is 2. The minimum Gasteiger partial charge on any atom is -0.465 e. The number of aryl methyl sites for hydroxylation is 1. The Morgan fingerprint density at radius 2 is 2.12 bits per heavy atom. The molecule has 2 N–H and O–H groups in total. The summed E-state index contributed by atoms with van der Waals surface area (Å²) in [5, 5.41) is 21.2.